The van der Waals surface area contributed by atoms with Gasteiger partial charge in [0.1, 0.15) is 0 Å². The Bertz CT molecular complexity index is 843. The number of para-hydroxylation sites is 1. The Balaban J connectivity index is 1.43. The lowest BCUT2D eigenvalue weighted by Gasteiger charge is -2.55. The summed E-state index contributed by atoms with van der Waals surface area (Å²) in [5, 5.41) is 4.48. The van der Waals surface area contributed by atoms with Crippen LogP contribution in [-0.4, -0.2) is 10.5 Å². The molecule has 5 heteroatoms. The predicted molar refractivity (Wildman–Crippen MR) is 95.1 cm³/mol. The van der Waals surface area contributed by atoms with Crippen LogP contribution in [0.5, 0.6) is 0 Å². The summed E-state index contributed by atoms with van der Waals surface area (Å²) in [6, 6.07) is 8.26. The van der Waals surface area contributed by atoms with Crippen LogP contribution in [0.25, 0.3) is 10.2 Å². The van der Waals surface area contributed by atoms with E-state index in [1.165, 1.54) is 24.0 Å². The van der Waals surface area contributed by atoms with Crippen molar-refractivity contribution in [1.82, 2.24) is 9.99 Å². The highest BCUT2D eigenvalue weighted by molar-refractivity contribution is 7.16. The molecular weight excluding hydrogens is 318 g/mol. The van der Waals surface area contributed by atoms with Crippen LogP contribution in [0.4, 0.5) is 0 Å². The Kier molecular flexibility index (Phi) is 3.18. The van der Waals surface area contributed by atoms with Gasteiger partial charge in [-0.05, 0) is 68.4 Å². The van der Waals surface area contributed by atoms with Crippen molar-refractivity contribution in [2.24, 2.45) is 35.3 Å². The molecule has 0 radical (unpaired) electrons. The minimum atomic E-state index is -0.131. The molecule has 24 heavy (non-hydrogen) atoms. The minimum absolute atomic E-state index is 0.131. The van der Waals surface area contributed by atoms with Crippen molar-refractivity contribution in [2.75, 3.05) is 0 Å². The van der Waals surface area contributed by atoms with Crippen molar-refractivity contribution in [3.05, 3.63) is 29.1 Å². The molecule has 1 N–H and O–H groups in total. The zero-order chi connectivity index (χ0) is 16.3. The monoisotopic (exact) mass is 341 g/mol. The van der Waals surface area contributed by atoms with E-state index in [2.05, 4.69) is 27.2 Å². The van der Waals surface area contributed by atoms with Gasteiger partial charge in [-0.25, -0.2) is 5.43 Å². The van der Waals surface area contributed by atoms with Crippen LogP contribution in [0.3, 0.4) is 0 Å². The second-order valence-electron chi connectivity index (χ2n) is 8.16. The second kappa shape index (κ2) is 5.19. The number of aryl methyl sites for hydroxylation is 1. The number of carbonyl (C=O) groups is 1. The maximum absolute atomic E-state index is 13.0. The molecule has 4 bridgehead atoms. The van der Waals surface area contributed by atoms with Gasteiger partial charge in [-0.3, -0.25) is 4.79 Å². The van der Waals surface area contributed by atoms with Gasteiger partial charge in [-0.15, -0.1) is 5.10 Å². The third kappa shape index (κ3) is 2.17. The van der Waals surface area contributed by atoms with E-state index in [4.69, 9.17) is 0 Å². The van der Waals surface area contributed by atoms with Crippen LogP contribution in [0.2, 0.25) is 0 Å². The molecule has 4 saturated carbocycles. The highest BCUT2D eigenvalue weighted by Gasteiger charge is 2.54. The molecule has 0 saturated heterocycles. The van der Waals surface area contributed by atoms with Crippen LogP contribution in [-0.2, 0) is 11.8 Å². The summed E-state index contributed by atoms with van der Waals surface area (Å²) in [7, 11) is 2.01. The zero-order valence-corrected chi connectivity index (χ0v) is 14.8. The Morgan fingerprint density at radius 2 is 1.79 bits per heavy atom. The van der Waals surface area contributed by atoms with Gasteiger partial charge in [0, 0.05) is 7.05 Å². The molecule has 4 fully saturated rings. The molecule has 0 spiro atoms. The van der Waals surface area contributed by atoms with Crippen molar-refractivity contribution < 1.29 is 4.79 Å². The number of carbonyl (C=O) groups excluding carboxylic acids is 1. The molecule has 126 valence electrons. The van der Waals surface area contributed by atoms with E-state index in [-0.39, 0.29) is 11.3 Å². The molecule has 4 nitrogen and oxygen atoms in total. The van der Waals surface area contributed by atoms with E-state index in [9.17, 15) is 4.79 Å². The number of hydrogen-bond donors (Lipinski definition) is 1. The number of amides is 1. The van der Waals surface area contributed by atoms with E-state index in [0.717, 1.165) is 47.3 Å². The Hall–Kier alpha value is -1.62. The standard InChI is InChI=1S/C19H23N3OS/c1-22-15-4-2-3-5-16(15)24-18(22)21-20-17(23)19-9-12-6-13(10-19)8-14(7-12)11-19/h2-5,12-14H,6-11H2,1H3,(H,20,23)/b21-18+. The molecule has 6 rings (SSSR count). The van der Waals surface area contributed by atoms with E-state index >= 15 is 0 Å². The molecule has 1 heterocycles. The lowest BCUT2D eigenvalue weighted by Crippen LogP contribution is -2.53. The molecule has 0 atom stereocenters. The lowest BCUT2D eigenvalue weighted by molar-refractivity contribution is -0.146. The van der Waals surface area contributed by atoms with Crippen molar-refractivity contribution in [3.63, 3.8) is 0 Å². The second-order valence-corrected chi connectivity index (χ2v) is 9.17. The molecule has 4 aliphatic rings. The molecule has 0 unspecified atom stereocenters. The number of aromatic nitrogens is 1. The third-order valence-corrected chi connectivity index (χ3v) is 7.60. The van der Waals surface area contributed by atoms with E-state index in [1.807, 2.05) is 19.2 Å². The fourth-order valence-corrected chi connectivity index (χ4v) is 6.77. The Labute approximate surface area is 145 Å². The average molecular weight is 341 g/mol. The first-order valence-electron chi connectivity index (χ1n) is 9.02. The van der Waals surface area contributed by atoms with Crippen LogP contribution in [0.15, 0.2) is 29.4 Å². The van der Waals surface area contributed by atoms with Gasteiger partial charge >= 0.3 is 0 Å². The van der Waals surface area contributed by atoms with Crippen LogP contribution in [0, 0.1) is 23.2 Å². The van der Waals surface area contributed by atoms with Gasteiger partial charge in [-0.1, -0.05) is 23.5 Å². The van der Waals surface area contributed by atoms with Gasteiger partial charge in [0.05, 0.1) is 15.6 Å². The SMILES string of the molecule is Cn1/c(=N\NC(=O)C23CC4CC(CC(C4)C2)C3)sc2ccccc21. The first kappa shape index (κ1) is 14.7. The predicted octanol–water partition coefficient (Wildman–Crippen LogP) is 3.39. The summed E-state index contributed by atoms with van der Waals surface area (Å²) in [4.78, 5) is 13.8. The maximum atomic E-state index is 13.0. The molecule has 1 amide bonds. The summed E-state index contributed by atoms with van der Waals surface area (Å²) in [6.07, 6.45) is 7.32. The number of nitrogens with one attached hydrogen (secondary N) is 1. The summed E-state index contributed by atoms with van der Waals surface area (Å²) in [5.74, 6) is 2.51. The molecule has 2 aromatic rings. The van der Waals surface area contributed by atoms with Crippen LogP contribution in [0.1, 0.15) is 38.5 Å². The number of benzene rings is 1. The number of thiazole rings is 1. The third-order valence-electron chi connectivity index (χ3n) is 6.49. The topological polar surface area (TPSA) is 46.4 Å². The Morgan fingerprint density at radius 3 is 2.42 bits per heavy atom. The highest BCUT2D eigenvalue weighted by Crippen LogP contribution is 2.60. The van der Waals surface area contributed by atoms with E-state index in [1.54, 1.807) is 11.3 Å². The van der Waals surface area contributed by atoms with Gasteiger partial charge in [0.15, 0.2) is 0 Å². The zero-order valence-electron chi connectivity index (χ0n) is 14.0. The quantitative estimate of drug-likeness (QED) is 0.836. The molecule has 4 aliphatic carbocycles. The van der Waals surface area contributed by atoms with Gasteiger partial charge in [-0.2, -0.15) is 0 Å². The number of hydrogen-bond acceptors (Lipinski definition) is 3. The van der Waals surface area contributed by atoms with Gasteiger partial charge in [0.25, 0.3) is 0 Å². The van der Waals surface area contributed by atoms with Gasteiger partial charge in [0.2, 0.25) is 10.7 Å². The average Bonchev–Trinajstić information content (AvgIpc) is 2.88. The lowest BCUT2D eigenvalue weighted by atomic mass is 9.49. The first-order chi connectivity index (χ1) is 11.6. The van der Waals surface area contributed by atoms with Crippen molar-refractivity contribution in [3.8, 4) is 0 Å². The fraction of sp³-hybridized carbons (Fsp3) is 0.579. The normalized spacial score (nSPS) is 34.9. The van der Waals surface area contributed by atoms with Crippen LogP contribution >= 0.6 is 11.3 Å². The molecule has 1 aromatic carbocycles. The van der Waals surface area contributed by atoms with Crippen LogP contribution < -0.4 is 10.2 Å². The minimum Gasteiger partial charge on any atom is -0.318 e. The summed E-state index contributed by atoms with van der Waals surface area (Å²) in [6.45, 7) is 0. The molecular formula is C19H23N3OS. The smallest absolute Gasteiger partial charge is 0.246 e. The Morgan fingerprint density at radius 1 is 1.17 bits per heavy atom. The van der Waals surface area contributed by atoms with Gasteiger partial charge < -0.3 is 4.57 Å². The first-order valence-corrected chi connectivity index (χ1v) is 9.83. The van der Waals surface area contributed by atoms with E-state index in [0.29, 0.717) is 0 Å². The number of rotatable bonds is 2. The molecule has 1 aromatic heterocycles. The summed E-state index contributed by atoms with van der Waals surface area (Å²) < 4.78 is 3.25. The highest BCUT2D eigenvalue weighted by atomic mass is 32.1. The fourth-order valence-electron chi connectivity index (χ4n) is 5.79. The van der Waals surface area contributed by atoms with Crippen molar-refractivity contribution in [1.29, 1.82) is 0 Å². The van der Waals surface area contributed by atoms with Crippen molar-refractivity contribution in [2.45, 2.75) is 38.5 Å². The van der Waals surface area contributed by atoms with E-state index < -0.39 is 0 Å². The maximum Gasteiger partial charge on any atom is 0.246 e. The largest absolute Gasteiger partial charge is 0.318 e. The van der Waals surface area contributed by atoms with Crippen molar-refractivity contribution >= 4 is 27.5 Å². The summed E-state index contributed by atoms with van der Waals surface area (Å²) in [5.41, 5.74) is 3.96. The number of fused-ring (bicyclic) bond motifs is 1. The summed E-state index contributed by atoms with van der Waals surface area (Å²) >= 11 is 1.62. The number of nitrogens with zero attached hydrogens (tertiary/aromatic N) is 2. The molecule has 0 aliphatic heterocycles.